The Kier molecular flexibility index (Phi) is 5.23. The number of hydrogen-bond donors (Lipinski definition) is 1. The first-order valence-corrected chi connectivity index (χ1v) is 8.49. The normalized spacial score (nSPS) is 21.3. The van der Waals surface area contributed by atoms with Gasteiger partial charge in [0.2, 0.25) is 0 Å². The summed E-state index contributed by atoms with van der Waals surface area (Å²) in [4.78, 5) is 16.6. The predicted molar refractivity (Wildman–Crippen MR) is 91.4 cm³/mol. The van der Waals surface area contributed by atoms with Crippen molar-refractivity contribution in [2.24, 2.45) is 5.92 Å². The number of amides is 1. The molecular formula is C19H24N2O2. The minimum absolute atomic E-state index is 0.137. The molecule has 23 heavy (non-hydrogen) atoms. The average Bonchev–Trinajstić information content (AvgIpc) is 2.59. The van der Waals surface area contributed by atoms with Gasteiger partial charge in [-0.25, -0.2) is 0 Å². The monoisotopic (exact) mass is 312 g/mol. The predicted octanol–water partition coefficient (Wildman–Crippen LogP) is 3.56. The summed E-state index contributed by atoms with van der Waals surface area (Å²) in [6.45, 7) is 3.33. The molecule has 1 N–H and O–H groups in total. The summed E-state index contributed by atoms with van der Waals surface area (Å²) in [5.41, 5.74) is 0.481. The molecule has 1 aliphatic rings. The van der Waals surface area contributed by atoms with Gasteiger partial charge in [-0.15, -0.1) is 0 Å². The fourth-order valence-corrected chi connectivity index (χ4v) is 3.29. The maximum Gasteiger partial charge on any atom is 0.270 e. The van der Waals surface area contributed by atoms with Crippen LogP contribution in [0.3, 0.4) is 0 Å². The highest BCUT2D eigenvalue weighted by atomic mass is 16.5. The van der Waals surface area contributed by atoms with Crippen LogP contribution in [0.15, 0.2) is 36.5 Å². The Morgan fingerprint density at radius 1 is 1.26 bits per heavy atom. The van der Waals surface area contributed by atoms with Gasteiger partial charge in [0.1, 0.15) is 5.69 Å². The zero-order valence-corrected chi connectivity index (χ0v) is 13.6. The second kappa shape index (κ2) is 7.55. The molecular weight excluding hydrogens is 288 g/mol. The van der Waals surface area contributed by atoms with Gasteiger partial charge in [0.05, 0.1) is 12.7 Å². The summed E-state index contributed by atoms with van der Waals surface area (Å²) in [6, 6.07) is 9.72. The van der Waals surface area contributed by atoms with Crippen LogP contribution in [-0.2, 0) is 4.74 Å². The number of rotatable bonds is 5. The molecule has 1 fully saturated rings. The van der Waals surface area contributed by atoms with E-state index in [1.807, 2.05) is 30.3 Å². The Labute approximate surface area is 137 Å². The maximum absolute atomic E-state index is 12.3. The Morgan fingerprint density at radius 3 is 2.96 bits per heavy atom. The van der Waals surface area contributed by atoms with Crippen molar-refractivity contribution in [3.63, 3.8) is 0 Å². The molecule has 0 bridgehead atoms. The molecule has 4 heteroatoms. The van der Waals surface area contributed by atoms with Crippen LogP contribution in [0, 0.1) is 5.92 Å². The van der Waals surface area contributed by atoms with Crippen LogP contribution >= 0.6 is 0 Å². The lowest BCUT2D eigenvalue weighted by Crippen LogP contribution is -2.32. The van der Waals surface area contributed by atoms with Gasteiger partial charge in [0.15, 0.2) is 0 Å². The third-order valence-corrected chi connectivity index (χ3v) is 4.64. The van der Waals surface area contributed by atoms with Gasteiger partial charge >= 0.3 is 0 Å². The first-order valence-electron chi connectivity index (χ1n) is 8.49. The number of benzene rings is 1. The molecule has 1 saturated carbocycles. The van der Waals surface area contributed by atoms with Gasteiger partial charge in [-0.1, -0.05) is 44.0 Å². The summed E-state index contributed by atoms with van der Waals surface area (Å²) in [5, 5.41) is 4.83. The molecule has 1 amide bonds. The highest BCUT2D eigenvalue weighted by Crippen LogP contribution is 2.26. The number of nitrogens with one attached hydrogen (secondary N) is 1. The van der Waals surface area contributed by atoms with Gasteiger partial charge in [0, 0.05) is 18.1 Å². The smallest absolute Gasteiger partial charge is 0.270 e. The minimum atomic E-state index is -0.137. The lowest BCUT2D eigenvalue weighted by molar-refractivity contribution is -0.00294. The fourth-order valence-electron chi connectivity index (χ4n) is 3.29. The molecule has 1 aromatic carbocycles. The molecule has 0 aliphatic heterocycles. The summed E-state index contributed by atoms with van der Waals surface area (Å²) < 4.78 is 5.93. The molecule has 2 aromatic rings. The molecule has 0 saturated heterocycles. The Hall–Kier alpha value is -1.94. The van der Waals surface area contributed by atoms with Crippen molar-refractivity contribution < 1.29 is 9.53 Å². The highest BCUT2D eigenvalue weighted by molar-refractivity contribution is 6.05. The third kappa shape index (κ3) is 3.88. The third-order valence-electron chi connectivity index (χ3n) is 4.64. The number of hydrogen-bond acceptors (Lipinski definition) is 3. The van der Waals surface area contributed by atoms with Crippen molar-refractivity contribution >= 4 is 16.7 Å². The molecule has 122 valence electrons. The summed E-state index contributed by atoms with van der Waals surface area (Å²) in [5.74, 6) is 0.487. The molecule has 0 radical (unpaired) electrons. The Balaban J connectivity index is 1.53. The van der Waals surface area contributed by atoms with Crippen LogP contribution in [0.1, 0.15) is 43.1 Å². The van der Waals surface area contributed by atoms with Crippen molar-refractivity contribution in [1.82, 2.24) is 10.3 Å². The standard InChI is InChI=1S/C19H24N2O2/c1-14-6-2-5-9-17(14)23-13-12-21-19(22)18-16-8-4-3-7-15(16)10-11-20-18/h3-4,7-8,10-11,14,17H,2,5-6,9,12-13H2,1H3,(H,21,22)/t14-,17+/m0/s1. The minimum Gasteiger partial charge on any atom is -0.376 e. The molecule has 2 atom stereocenters. The number of nitrogens with zero attached hydrogens (tertiary/aromatic N) is 1. The van der Waals surface area contributed by atoms with Crippen LogP contribution in [-0.4, -0.2) is 30.1 Å². The molecule has 4 nitrogen and oxygen atoms in total. The van der Waals surface area contributed by atoms with E-state index >= 15 is 0 Å². The molecule has 3 rings (SSSR count). The number of carbonyl (C=O) groups is 1. The second-order valence-electron chi connectivity index (χ2n) is 6.31. The van der Waals surface area contributed by atoms with Crippen molar-refractivity contribution in [2.45, 2.75) is 38.7 Å². The summed E-state index contributed by atoms with van der Waals surface area (Å²) in [6.07, 6.45) is 6.97. The van der Waals surface area contributed by atoms with E-state index < -0.39 is 0 Å². The summed E-state index contributed by atoms with van der Waals surface area (Å²) in [7, 11) is 0. The number of carbonyl (C=O) groups excluding carboxylic acids is 1. The van der Waals surface area contributed by atoms with E-state index in [9.17, 15) is 4.79 Å². The van der Waals surface area contributed by atoms with Crippen molar-refractivity contribution in [3.05, 3.63) is 42.2 Å². The first kappa shape index (κ1) is 15.9. The van der Waals surface area contributed by atoms with Crippen LogP contribution < -0.4 is 5.32 Å². The number of fused-ring (bicyclic) bond motifs is 1. The second-order valence-corrected chi connectivity index (χ2v) is 6.31. The SMILES string of the molecule is C[C@H]1CCCC[C@H]1OCCNC(=O)c1nccc2ccccc12. The van der Waals surface area contributed by atoms with E-state index in [1.165, 1.54) is 19.3 Å². The van der Waals surface area contributed by atoms with Gasteiger partial charge < -0.3 is 10.1 Å². The number of ether oxygens (including phenoxy) is 1. The Bertz CT molecular complexity index is 666. The molecule has 0 unspecified atom stereocenters. The van der Waals surface area contributed by atoms with Gasteiger partial charge in [-0.2, -0.15) is 0 Å². The molecule has 1 aliphatic carbocycles. The zero-order chi connectivity index (χ0) is 16.1. The number of aromatic nitrogens is 1. The van der Waals surface area contributed by atoms with Crippen LogP contribution in [0.25, 0.3) is 10.8 Å². The molecule has 1 heterocycles. The zero-order valence-electron chi connectivity index (χ0n) is 13.6. The topological polar surface area (TPSA) is 51.2 Å². The van der Waals surface area contributed by atoms with Crippen molar-refractivity contribution in [3.8, 4) is 0 Å². The van der Waals surface area contributed by atoms with E-state index in [4.69, 9.17) is 4.74 Å². The van der Waals surface area contributed by atoms with E-state index in [0.717, 1.165) is 17.2 Å². The van der Waals surface area contributed by atoms with Crippen LogP contribution in [0.5, 0.6) is 0 Å². The highest BCUT2D eigenvalue weighted by Gasteiger charge is 2.21. The summed E-state index contributed by atoms with van der Waals surface area (Å²) >= 11 is 0. The van der Waals surface area contributed by atoms with E-state index in [2.05, 4.69) is 17.2 Å². The molecule has 1 aromatic heterocycles. The maximum atomic E-state index is 12.3. The van der Waals surface area contributed by atoms with Gasteiger partial charge in [-0.05, 0) is 30.2 Å². The van der Waals surface area contributed by atoms with E-state index in [0.29, 0.717) is 30.9 Å². The first-order chi connectivity index (χ1) is 11.3. The van der Waals surface area contributed by atoms with Crippen molar-refractivity contribution in [1.29, 1.82) is 0 Å². The average molecular weight is 312 g/mol. The lowest BCUT2D eigenvalue weighted by atomic mass is 9.88. The number of pyridine rings is 1. The Morgan fingerprint density at radius 2 is 2.09 bits per heavy atom. The van der Waals surface area contributed by atoms with Crippen LogP contribution in [0.4, 0.5) is 0 Å². The van der Waals surface area contributed by atoms with Gasteiger partial charge in [0.25, 0.3) is 5.91 Å². The molecule has 0 spiro atoms. The van der Waals surface area contributed by atoms with E-state index in [1.54, 1.807) is 6.20 Å². The van der Waals surface area contributed by atoms with E-state index in [-0.39, 0.29) is 5.91 Å². The quantitative estimate of drug-likeness (QED) is 0.859. The lowest BCUT2D eigenvalue weighted by Gasteiger charge is -2.28. The van der Waals surface area contributed by atoms with Crippen molar-refractivity contribution in [2.75, 3.05) is 13.2 Å². The fraction of sp³-hybridized carbons (Fsp3) is 0.474. The van der Waals surface area contributed by atoms with Gasteiger partial charge in [-0.3, -0.25) is 9.78 Å². The largest absolute Gasteiger partial charge is 0.376 e. The van der Waals surface area contributed by atoms with Crippen LogP contribution in [0.2, 0.25) is 0 Å².